The Morgan fingerprint density at radius 2 is 2.06 bits per heavy atom. The summed E-state index contributed by atoms with van der Waals surface area (Å²) >= 11 is 2.20. The van der Waals surface area contributed by atoms with Gasteiger partial charge in [-0.25, -0.2) is 0 Å². The summed E-state index contributed by atoms with van der Waals surface area (Å²) in [7, 11) is 0. The molecule has 1 aromatic carbocycles. The first-order chi connectivity index (χ1) is 8.20. The first-order valence-corrected chi connectivity index (χ1v) is 6.53. The number of halogens is 1. The molecule has 5 heteroatoms. The third-order valence-electron chi connectivity index (χ3n) is 2.84. The molecule has 1 N–H and O–H groups in total. The highest BCUT2D eigenvalue weighted by atomic mass is 127. The summed E-state index contributed by atoms with van der Waals surface area (Å²) < 4.78 is 1.06. The van der Waals surface area contributed by atoms with E-state index in [1.807, 2.05) is 24.3 Å². The van der Waals surface area contributed by atoms with Crippen LogP contribution >= 0.6 is 22.6 Å². The monoisotopic (exact) mass is 344 g/mol. The molecule has 1 heterocycles. The zero-order valence-electron chi connectivity index (χ0n) is 9.27. The summed E-state index contributed by atoms with van der Waals surface area (Å²) in [6.07, 6.45) is 1.32. The van der Waals surface area contributed by atoms with Crippen molar-refractivity contribution in [2.45, 2.75) is 12.8 Å². The van der Waals surface area contributed by atoms with Crippen LogP contribution in [0.4, 0.5) is 0 Å². The van der Waals surface area contributed by atoms with Crippen LogP contribution in [0.15, 0.2) is 29.4 Å². The summed E-state index contributed by atoms with van der Waals surface area (Å²) in [5, 5.41) is 11.9. The normalized spacial score (nSPS) is 15.8. The number of piperidine rings is 1. The highest BCUT2D eigenvalue weighted by Gasteiger charge is 2.21. The number of carbonyl (C=O) groups excluding carboxylic acids is 1. The Kier molecular flexibility index (Phi) is 3.98. The second kappa shape index (κ2) is 5.48. The Labute approximate surface area is 113 Å². The van der Waals surface area contributed by atoms with Crippen LogP contribution in [0.2, 0.25) is 0 Å². The first kappa shape index (κ1) is 12.3. The van der Waals surface area contributed by atoms with Crippen molar-refractivity contribution in [3.63, 3.8) is 0 Å². The van der Waals surface area contributed by atoms with Crippen LogP contribution in [0.25, 0.3) is 0 Å². The van der Waals surface area contributed by atoms with E-state index >= 15 is 0 Å². The lowest BCUT2D eigenvalue weighted by Gasteiger charge is -2.27. The summed E-state index contributed by atoms with van der Waals surface area (Å²) in [6, 6.07) is 7.57. The van der Waals surface area contributed by atoms with Gasteiger partial charge in [0.05, 0.1) is 5.71 Å². The molecule has 0 bridgehead atoms. The number of amides is 1. The molecule has 0 saturated carbocycles. The van der Waals surface area contributed by atoms with E-state index in [2.05, 4.69) is 27.7 Å². The molecule has 0 aromatic heterocycles. The Morgan fingerprint density at radius 3 is 2.65 bits per heavy atom. The van der Waals surface area contributed by atoms with Gasteiger partial charge in [0.15, 0.2) is 0 Å². The fourth-order valence-electron chi connectivity index (χ4n) is 1.87. The van der Waals surface area contributed by atoms with Crippen molar-refractivity contribution >= 4 is 34.2 Å². The van der Waals surface area contributed by atoms with Gasteiger partial charge in [0.1, 0.15) is 0 Å². The topological polar surface area (TPSA) is 52.9 Å². The smallest absolute Gasteiger partial charge is 0.253 e. The van der Waals surface area contributed by atoms with E-state index in [1.165, 1.54) is 0 Å². The molecule has 1 aliphatic rings. The van der Waals surface area contributed by atoms with Crippen LogP contribution in [0.3, 0.4) is 0 Å². The zero-order chi connectivity index (χ0) is 12.3. The van der Waals surface area contributed by atoms with Gasteiger partial charge in [-0.2, -0.15) is 0 Å². The van der Waals surface area contributed by atoms with E-state index in [0.717, 1.165) is 14.8 Å². The molecule has 17 heavy (non-hydrogen) atoms. The maximum Gasteiger partial charge on any atom is 0.253 e. The SMILES string of the molecule is O=C(c1cccc(I)c1)N1CCC(=NO)CC1. The fraction of sp³-hybridized carbons (Fsp3) is 0.333. The molecule has 2 rings (SSSR count). The average molecular weight is 344 g/mol. The molecule has 90 valence electrons. The van der Waals surface area contributed by atoms with Gasteiger partial charge in [0, 0.05) is 35.1 Å². The molecule has 0 unspecified atom stereocenters. The van der Waals surface area contributed by atoms with Gasteiger partial charge in [-0.05, 0) is 40.8 Å². The molecule has 4 nitrogen and oxygen atoms in total. The molecule has 1 saturated heterocycles. The Bertz CT molecular complexity index is 450. The van der Waals surface area contributed by atoms with Gasteiger partial charge in [-0.1, -0.05) is 11.2 Å². The summed E-state index contributed by atoms with van der Waals surface area (Å²) in [6.45, 7) is 1.26. The molecule has 0 spiro atoms. The van der Waals surface area contributed by atoms with Gasteiger partial charge in [-0.15, -0.1) is 0 Å². The van der Waals surface area contributed by atoms with Crippen molar-refractivity contribution in [1.82, 2.24) is 4.90 Å². The molecule has 1 amide bonds. The van der Waals surface area contributed by atoms with Gasteiger partial charge in [0.2, 0.25) is 0 Å². The van der Waals surface area contributed by atoms with E-state index in [0.29, 0.717) is 25.9 Å². The molecule has 1 fully saturated rings. The summed E-state index contributed by atoms with van der Waals surface area (Å²) in [5.74, 6) is 0.0560. The van der Waals surface area contributed by atoms with Crippen LogP contribution in [0, 0.1) is 3.57 Å². The first-order valence-electron chi connectivity index (χ1n) is 5.45. The average Bonchev–Trinajstić information content (AvgIpc) is 2.38. The minimum Gasteiger partial charge on any atom is -0.411 e. The highest BCUT2D eigenvalue weighted by Crippen LogP contribution is 2.14. The van der Waals surface area contributed by atoms with Crippen LogP contribution in [0.5, 0.6) is 0 Å². The van der Waals surface area contributed by atoms with Gasteiger partial charge < -0.3 is 10.1 Å². The highest BCUT2D eigenvalue weighted by molar-refractivity contribution is 14.1. The number of nitrogens with zero attached hydrogens (tertiary/aromatic N) is 2. The lowest BCUT2D eigenvalue weighted by Crippen LogP contribution is -2.38. The van der Waals surface area contributed by atoms with Crippen LogP contribution in [0.1, 0.15) is 23.2 Å². The fourth-order valence-corrected chi connectivity index (χ4v) is 2.42. The van der Waals surface area contributed by atoms with Crippen molar-refractivity contribution in [2.24, 2.45) is 5.16 Å². The van der Waals surface area contributed by atoms with Crippen molar-refractivity contribution in [1.29, 1.82) is 0 Å². The molecule has 0 atom stereocenters. The van der Waals surface area contributed by atoms with E-state index < -0.39 is 0 Å². The number of hydrogen-bond acceptors (Lipinski definition) is 3. The summed E-state index contributed by atoms with van der Waals surface area (Å²) in [5.41, 5.74) is 1.50. The van der Waals surface area contributed by atoms with Crippen molar-refractivity contribution in [3.8, 4) is 0 Å². The summed E-state index contributed by atoms with van der Waals surface area (Å²) in [4.78, 5) is 14.0. The lowest BCUT2D eigenvalue weighted by atomic mass is 10.1. The quantitative estimate of drug-likeness (QED) is 0.483. The van der Waals surface area contributed by atoms with E-state index in [9.17, 15) is 4.79 Å². The largest absolute Gasteiger partial charge is 0.411 e. The number of carbonyl (C=O) groups is 1. The standard InChI is InChI=1S/C12H13IN2O2/c13-10-3-1-2-9(8-10)12(16)15-6-4-11(14-17)5-7-15/h1-3,8,17H,4-7H2. The number of likely N-dealkylation sites (tertiary alicyclic amines) is 1. The molecule has 0 aliphatic carbocycles. The van der Waals surface area contributed by atoms with Crippen LogP contribution < -0.4 is 0 Å². The number of benzene rings is 1. The molecule has 0 radical (unpaired) electrons. The van der Waals surface area contributed by atoms with Crippen molar-refractivity contribution < 1.29 is 10.0 Å². The van der Waals surface area contributed by atoms with Gasteiger partial charge in [0.25, 0.3) is 5.91 Å². The molecular weight excluding hydrogens is 331 g/mol. The Hall–Kier alpha value is -1.11. The maximum atomic E-state index is 12.2. The molecule has 1 aromatic rings. The van der Waals surface area contributed by atoms with E-state index in [4.69, 9.17) is 5.21 Å². The number of rotatable bonds is 1. The molecular formula is C12H13IN2O2. The zero-order valence-corrected chi connectivity index (χ0v) is 11.4. The number of oxime groups is 1. The second-order valence-corrected chi connectivity index (χ2v) is 5.21. The molecule has 1 aliphatic heterocycles. The maximum absolute atomic E-state index is 12.2. The minimum absolute atomic E-state index is 0.0560. The van der Waals surface area contributed by atoms with Crippen molar-refractivity contribution in [3.05, 3.63) is 33.4 Å². The third-order valence-corrected chi connectivity index (χ3v) is 3.51. The second-order valence-electron chi connectivity index (χ2n) is 3.97. The third kappa shape index (κ3) is 2.96. The predicted octanol–water partition coefficient (Wildman–Crippen LogP) is 2.36. The Balaban J connectivity index is 2.07. The predicted molar refractivity (Wildman–Crippen MR) is 73.5 cm³/mol. The number of hydrogen-bond donors (Lipinski definition) is 1. The Morgan fingerprint density at radius 1 is 1.35 bits per heavy atom. The van der Waals surface area contributed by atoms with Gasteiger partial charge >= 0.3 is 0 Å². The van der Waals surface area contributed by atoms with Gasteiger partial charge in [-0.3, -0.25) is 4.79 Å². The van der Waals surface area contributed by atoms with Crippen LogP contribution in [-0.4, -0.2) is 34.8 Å². The lowest BCUT2D eigenvalue weighted by molar-refractivity contribution is 0.0753. The van der Waals surface area contributed by atoms with Crippen LogP contribution in [-0.2, 0) is 0 Å². The minimum atomic E-state index is 0.0560. The van der Waals surface area contributed by atoms with E-state index in [-0.39, 0.29) is 5.91 Å². The van der Waals surface area contributed by atoms with E-state index in [1.54, 1.807) is 4.90 Å². The van der Waals surface area contributed by atoms with Crippen molar-refractivity contribution in [2.75, 3.05) is 13.1 Å².